The molecule has 2 rings (SSSR count). The number of halogens is 4. The van der Waals surface area contributed by atoms with Crippen molar-refractivity contribution in [2.75, 3.05) is 0 Å². The van der Waals surface area contributed by atoms with Crippen LogP contribution in [0.25, 0.3) is 0 Å². The van der Waals surface area contributed by atoms with Gasteiger partial charge in [0.15, 0.2) is 0 Å². The van der Waals surface area contributed by atoms with E-state index in [-0.39, 0.29) is 6.10 Å². The van der Waals surface area contributed by atoms with Crippen molar-refractivity contribution < 1.29 is 22.7 Å². The molecule has 0 aliphatic heterocycles. The molecule has 0 radical (unpaired) electrons. The Bertz CT molecular complexity index is 561. The van der Waals surface area contributed by atoms with Gasteiger partial charge in [-0.05, 0) is 17.8 Å². The molecule has 0 aromatic carbocycles. The number of alkyl halides is 3. The zero-order valence-electron chi connectivity index (χ0n) is 13.1. The van der Waals surface area contributed by atoms with Crippen LogP contribution in [0.3, 0.4) is 0 Å². The summed E-state index contributed by atoms with van der Waals surface area (Å²) in [4.78, 5) is 12.3. The predicted molar refractivity (Wildman–Crippen MR) is 82.8 cm³/mol. The first-order chi connectivity index (χ1) is 10.6. The monoisotopic (exact) mass is 348 g/mol. The van der Waals surface area contributed by atoms with E-state index in [1.54, 1.807) is 19.9 Å². The lowest BCUT2D eigenvalue weighted by atomic mass is 10.1. The number of hydrogen-bond donors (Lipinski definition) is 0. The molecule has 0 spiro atoms. The van der Waals surface area contributed by atoms with Crippen LogP contribution in [0.4, 0.5) is 13.2 Å². The molecule has 1 fully saturated rings. The first-order valence-electron chi connectivity index (χ1n) is 7.51. The van der Waals surface area contributed by atoms with E-state index < -0.39 is 34.4 Å². The summed E-state index contributed by atoms with van der Waals surface area (Å²) in [5.74, 6) is -1.57. The van der Waals surface area contributed by atoms with Gasteiger partial charge in [0.1, 0.15) is 11.1 Å². The summed E-state index contributed by atoms with van der Waals surface area (Å²) in [7, 11) is 0. The van der Waals surface area contributed by atoms with Crippen molar-refractivity contribution in [2.24, 2.45) is 17.3 Å². The molecule has 0 saturated heterocycles. The number of allylic oxidation sites excluding steroid dienone is 3. The van der Waals surface area contributed by atoms with Crippen molar-refractivity contribution in [3.05, 3.63) is 35.4 Å². The average molecular weight is 349 g/mol. The minimum absolute atomic E-state index is 0.225. The number of carbonyl (C=O) groups excluding carboxylic acids is 1. The SMILES string of the molecule is C=CCC1=CCC(OC(=O)[C@@H]2[C@H](C=C(Cl)C(F)(F)F)C2(C)C)C1. The number of ether oxygens (including phenoxy) is 1. The van der Waals surface area contributed by atoms with Gasteiger partial charge in [0.25, 0.3) is 0 Å². The highest BCUT2D eigenvalue weighted by molar-refractivity contribution is 6.30. The van der Waals surface area contributed by atoms with E-state index in [1.807, 2.05) is 6.08 Å². The summed E-state index contributed by atoms with van der Waals surface area (Å²) in [5, 5.41) is -1.18. The maximum Gasteiger partial charge on any atom is 0.426 e. The molecule has 1 unspecified atom stereocenters. The molecule has 0 aromatic rings. The topological polar surface area (TPSA) is 26.3 Å². The molecule has 23 heavy (non-hydrogen) atoms. The second-order valence-electron chi connectivity index (χ2n) is 6.69. The van der Waals surface area contributed by atoms with Gasteiger partial charge in [-0.25, -0.2) is 0 Å². The van der Waals surface area contributed by atoms with Gasteiger partial charge < -0.3 is 4.74 Å². The van der Waals surface area contributed by atoms with E-state index in [4.69, 9.17) is 16.3 Å². The van der Waals surface area contributed by atoms with E-state index in [0.717, 1.165) is 12.5 Å². The molecule has 0 amide bonds. The van der Waals surface area contributed by atoms with E-state index in [0.29, 0.717) is 12.8 Å². The zero-order chi connectivity index (χ0) is 17.4. The van der Waals surface area contributed by atoms with Crippen molar-refractivity contribution in [2.45, 2.75) is 45.4 Å². The van der Waals surface area contributed by atoms with Crippen LogP contribution in [-0.4, -0.2) is 18.2 Å². The van der Waals surface area contributed by atoms with Gasteiger partial charge in [0.05, 0.1) is 5.92 Å². The van der Waals surface area contributed by atoms with E-state index in [1.165, 1.54) is 5.57 Å². The summed E-state index contributed by atoms with van der Waals surface area (Å²) in [6.45, 7) is 7.16. The highest BCUT2D eigenvalue weighted by Gasteiger charge is 2.62. The summed E-state index contributed by atoms with van der Waals surface area (Å²) in [6, 6.07) is 0. The molecule has 3 atom stereocenters. The largest absolute Gasteiger partial charge is 0.461 e. The molecule has 0 N–H and O–H groups in total. The Morgan fingerprint density at radius 1 is 1.52 bits per heavy atom. The van der Waals surface area contributed by atoms with E-state index >= 15 is 0 Å². The highest BCUT2D eigenvalue weighted by Crippen LogP contribution is 2.60. The first-order valence-corrected chi connectivity index (χ1v) is 7.89. The Hall–Kier alpha value is -1.23. The minimum Gasteiger partial charge on any atom is -0.461 e. The smallest absolute Gasteiger partial charge is 0.426 e. The second-order valence-corrected chi connectivity index (χ2v) is 7.10. The third-order valence-corrected chi connectivity index (χ3v) is 4.95. The summed E-state index contributed by atoms with van der Waals surface area (Å²) in [5.41, 5.74) is 0.600. The Morgan fingerprint density at radius 3 is 2.74 bits per heavy atom. The van der Waals surface area contributed by atoms with Gasteiger partial charge in [-0.15, -0.1) is 6.58 Å². The molecule has 2 aliphatic rings. The number of hydrogen-bond acceptors (Lipinski definition) is 2. The Morgan fingerprint density at radius 2 is 2.17 bits per heavy atom. The van der Waals surface area contributed by atoms with Crippen molar-refractivity contribution >= 4 is 17.6 Å². The quantitative estimate of drug-likeness (QED) is 0.507. The first kappa shape index (κ1) is 18.1. The molecule has 128 valence electrons. The number of rotatable bonds is 5. The summed E-state index contributed by atoms with van der Waals surface area (Å²) in [6.07, 6.45) is 2.01. The molecule has 0 bridgehead atoms. The molecule has 6 heteroatoms. The van der Waals surface area contributed by atoms with Gasteiger partial charge in [-0.3, -0.25) is 4.79 Å². The fourth-order valence-corrected chi connectivity index (χ4v) is 3.26. The fraction of sp³-hybridized carbons (Fsp3) is 0.588. The standard InChI is InChI=1S/C17H20ClF3O2/c1-4-5-10-6-7-11(8-10)23-15(22)14-12(16(14,2)3)9-13(18)17(19,20)21/h4,6,9,11-12,14H,1,5,7-8H2,2-3H3/t11?,12-,14-/m0/s1. The lowest BCUT2D eigenvalue weighted by Crippen LogP contribution is -2.19. The number of carbonyl (C=O) groups is 1. The van der Waals surface area contributed by atoms with Crippen molar-refractivity contribution in [3.63, 3.8) is 0 Å². The van der Waals surface area contributed by atoms with Crippen LogP contribution < -0.4 is 0 Å². The molecular weight excluding hydrogens is 329 g/mol. The molecule has 0 aromatic heterocycles. The maximum atomic E-state index is 12.5. The molecule has 0 heterocycles. The van der Waals surface area contributed by atoms with Crippen LogP contribution in [-0.2, 0) is 9.53 Å². The minimum atomic E-state index is -4.58. The van der Waals surface area contributed by atoms with Crippen molar-refractivity contribution in [1.82, 2.24) is 0 Å². The van der Waals surface area contributed by atoms with Crippen LogP contribution >= 0.6 is 11.6 Å². The average Bonchev–Trinajstić information content (AvgIpc) is 2.76. The molecule has 1 saturated carbocycles. The van der Waals surface area contributed by atoms with Crippen molar-refractivity contribution in [3.8, 4) is 0 Å². The third-order valence-electron chi connectivity index (χ3n) is 4.61. The van der Waals surface area contributed by atoms with Gasteiger partial charge in [-0.2, -0.15) is 13.2 Å². The van der Waals surface area contributed by atoms with E-state index in [2.05, 4.69) is 6.58 Å². The van der Waals surface area contributed by atoms with Crippen LogP contribution in [0.1, 0.15) is 33.1 Å². The molecular formula is C17H20ClF3O2. The van der Waals surface area contributed by atoms with Gasteiger partial charge in [-0.1, -0.05) is 49.2 Å². The summed E-state index contributed by atoms with van der Waals surface area (Å²) < 4.78 is 43.1. The van der Waals surface area contributed by atoms with Crippen LogP contribution in [0, 0.1) is 17.3 Å². The second kappa shape index (κ2) is 6.34. The lowest BCUT2D eigenvalue weighted by Gasteiger charge is -2.13. The Labute approximate surface area is 139 Å². The highest BCUT2D eigenvalue weighted by atomic mass is 35.5. The van der Waals surface area contributed by atoms with Crippen LogP contribution in [0.5, 0.6) is 0 Å². The lowest BCUT2D eigenvalue weighted by molar-refractivity contribution is -0.151. The Kier molecular flexibility index (Phi) is 5.00. The zero-order valence-corrected chi connectivity index (χ0v) is 13.9. The number of esters is 1. The van der Waals surface area contributed by atoms with E-state index in [9.17, 15) is 18.0 Å². The maximum absolute atomic E-state index is 12.5. The van der Waals surface area contributed by atoms with Gasteiger partial charge >= 0.3 is 12.1 Å². The van der Waals surface area contributed by atoms with Gasteiger partial charge in [0.2, 0.25) is 0 Å². The molecule has 2 aliphatic carbocycles. The fourth-order valence-electron chi connectivity index (χ4n) is 3.13. The van der Waals surface area contributed by atoms with Gasteiger partial charge in [0, 0.05) is 12.8 Å². The molecule has 2 nitrogen and oxygen atoms in total. The van der Waals surface area contributed by atoms with Crippen LogP contribution in [0.2, 0.25) is 0 Å². The van der Waals surface area contributed by atoms with Crippen LogP contribution in [0.15, 0.2) is 35.4 Å². The predicted octanol–water partition coefficient (Wildman–Crippen LogP) is 5.15. The Balaban J connectivity index is 1.95. The summed E-state index contributed by atoms with van der Waals surface area (Å²) >= 11 is 5.28. The third kappa shape index (κ3) is 4.00. The normalized spacial score (nSPS) is 29.9. The van der Waals surface area contributed by atoms with Crippen molar-refractivity contribution in [1.29, 1.82) is 0 Å².